The number of imidazole rings is 2. The van der Waals surface area contributed by atoms with Crippen LogP contribution in [0.1, 0.15) is 11.8 Å². The zero-order valence-corrected chi connectivity index (χ0v) is 16.7. The molecule has 0 amide bonds. The molecule has 4 aromatic rings. The minimum Gasteiger partial charge on any atom is -0.394 e. The maximum absolute atomic E-state index is 10.3. The molecule has 4 heterocycles. The number of aliphatic hydroxyl groups excluding tert-OH is 3. The lowest BCUT2D eigenvalue weighted by Crippen LogP contribution is -2.33. The normalized spacial score (nSPS) is 23.3. The Hall–Kier alpha value is -3.71. The predicted octanol–water partition coefficient (Wildman–Crippen LogP) is 0.0695. The van der Waals surface area contributed by atoms with Gasteiger partial charge in [0.25, 0.3) is 0 Å². The molecule has 1 fully saturated rings. The van der Waals surface area contributed by atoms with E-state index in [0.717, 1.165) is 11.3 Å². The number of hydrogen-bond donors (Lipinski definition) is 4. The maximum atomic E-state index is 10.3. The molecular formula is C20H20N8O4. The molecule has 4 N–H and O–H groups in total. The van der Waals surface area contributed by atoms with E-state index in [1.807, 2.05) is 35.0 Å². The van der Waals surface area contributed by atoms with Gasteiger partial charge in [-0.2, -0.15) is 5.10 Å². The SMILES string of the molecule is OC[C@H]1O[C@@H](n2cnc3c(N/N=C/c4ccc(-n5ccnc5)cc4)ncnc32)[C@H](O)[C@@H]1O. The lowest BCUT2D eigenvalue weighted by Gasteiger charge is -2.16. The fraction of sp³-hybridized carbons (Fsp3) is 0.250. The maximum Gasteiger partial charge on any atom is 0.177 e. The number of aromatic nitrogens is 6. The minimum atomic E-state index is -1.24. The number of nitrogens with zero attached hydrogens (tertiary/aromatic N) is 7. The van der Waals surface area contributed by atoms with Crippen LogP contribution in [0.25, 0.3) is 16.9 Å². The van der Waals surface area contributed by atoms with E-state index >= 15 is 0 Å². The third kappa shape index (κ3) is 3.61. The highest BCUT2D eigenvalue weighted by Crippen LogP contribution is 2.32. The van der Waals surface area contributed by atoms with E-state index in [4.69, 9.17) is 4.74 Å². The molecule has 0 spiro atoms. The van der Waals surface area contributed by atoms with Crippen LogP contribution in [0.2, 0.25) is 0 Å². The summed E-state index contributed by atoms with van der Waals surface area (Å²) >= 11 is 0. The molecule has 4 atom stereocenters. The molecule has 164 valence electrons. The summed E-state index contributed by atoms with van der Waals surface area (Å²) < 4.78 is 8.95. The van der Waals surface area contributed by atoms with Crippen molar-refractivity contribution in [2.45, 2.75) is 24.5 Å². The molecule has 0 radical (unpaired) electrons. The van der Waals surface area contributed by atoms with Crippen LogP contribution in [-0.2, 0) is 4.74 Å². The van der Waals surface area contributed by atoms with Crippen molar-refractivity contribution >= 4 is 23.2 Å². The van der Waals surface area contributed by atoms with E-state index in [1.165, 1.54) is 17.2 Å². The molecule has 5 rings (SSSR count). The van der Waals surface area contributed by atoms with Crippen molar-refractivity contribution in [2.75, 3.05) is 12.0 Å². The molecule has 1 aromatic carbocycles. The van der Waals surface area contributed by atoms with Crippen LogP contribution in [0.15, 0.2) is 60.7 Å². The van der Waals surface area contributed by atoms with E-state index in [0.29, 0.717) is 17.0 Å². The number of aliphatic hydroxyl groups is 3. The molecular weight excluding hydrogens is 416 g/mol. The van der Waals surface area contributed by atoms with Gasteiger partial charge in [0.05, 0.1) is 25.5 Å². The summed E-state index contributed by atoms with van der Waals surface area (Å²) in [6, 6.07) is 7.75. The van der Waals surface area contributed by atoms with Crippen LogP contribution < -0.4 is 5.43 Å². The Bertz CT molecular complexity index is 1220. The van der Waals surface area contributed by atoms with Gasteiger partial charge < -0.3 is 24.6 Å². The minimum absolute atomic E-state index is 0.367. The number of benzene rings is 1. The van der Waals surface area contributed by atoms with E-state index in [2.05, 4.69) is 30.5 Å². The summed E-state index contributed by atoms with van der Waals surface area (Å²) in [6.07, 6.45) is 5.44. The van der Waals surface area contributed by atoms with Crippen LogP contribution in [0.3, 0.4) is 0 Å². The highest BCUT2D eigenvalue weighted by molar-refractivity contribution is 5.84. The number of nitrogens with one attached hydrogen (secondary N) is 1. The molecule has 0 bridgehead atoms. The Balaban J connectivity index is 1.33. The Kier molecular flexibility index (Phi) is 5.33. The summed E-state index contributed by atoms with van der Waals surface area (Å²) in [6.45, 7) is -0.416. The molecule has 3 aromatic heterocycles. The first kappa shape index (κ1) is 20.2. The van der Waals surface area contributed by atoms with Crippen molar-refractivity contribution in [2.24, 2.45) is 5.10 Å². The standard InChI is InChI=1S/C20H20N8O4/c29-8-14-16(30)17(31)20(32-14)28-11-24-15-18(22-9-23-19(15)28)26-25-7-12-1-3-13(4-2-12)27-6-5-21-10-27/h1-7,9-11,14,16-17,20,29-31H,8H2,(H,22,23,26)/b25-7+/t14-,16-,17-,20-/m1/s1. The second-order valence-electron chi connectivity index (χ2n) is 7.21. The molecule has 12 heteroatoms. The molecule has 0 unspecified atom stereocenters. The number of anilines is 1. The van der Waals surface area contributed by atoms with Crippen molar-refractivity contribution in [1.29, 1.82) is 0 Å². The number of rotatable bonds is 6. The fourth-order valence-electron chi connectivity index (χ4n) is 3.54. The molecule has 1 aliphatic heterocycles. The number of ether oxygens (including phenoxy) is 1. The first-order valence-corrected chi connectivity index (χ1v) is 9.83. The number of hydrogen-bond acceptors (Lipinski definition) is 10. The summed E-state index contributed by atoms with van der Waals surface area (Å²) in [5.74, 6) is 0.367. The predicted molar refractivity (Wildman–Crippen MR) is 113 cm³/mol. The Morgan fingerprint density at radius 3 is 2.66 bits per heavy atom. The van der Waals surface area contributed by atoms with Crippen molar-refractivity contribution in [3.05, 3.63) is 61.2 Å². The third-order valence-electron chi connectivity index (χ3n) is 5.23. The van der Waals surface area contributed by atoms with Gasteiger partial charge in [-0.05, 0) is 17.7 Å². The molecule has 1 saturated heterocycles. The number of hydrazone groups is 1. The summed E-state index contributed by atoms with van der Waals surface area (Å²) in [5, 5.41) is 33.8. The first-order chi connectivity index (χ1) is 15.7. The van der Waals surface area contributed by atoms with Crippen molar-refractivity contribution < 1.29 is 20.1 Å². The van der Waals surface area contributed by atoms with Crippen LogP contribution in [0.4, 0.5) is 5.82 Å². The van der Waals surface area contributed by atoms with E-state index in [1.54, 1.807) is 18.7 Å². The summed E-state index contributed by atoms with van der Waals surface area (Å²) in [5.41, 5.74) is 5.52. The first-order valence-electron chi connectivity index (χ1n) is 9.83. The topological polar surface area (TPSA) is 156 Å². The zero-order valence-electron chi connectivity index (χ0n) is 16.7. The second kappa shape index (κ2) is 8.43. The van der Waals surface area contributed by atoms with Crippen LogP contribution in [-0.4, -0.2) is 75.5 Å². The van der Waals surface area contributed by atoms with Gasteiger partial charge >= 0.3 is 0 Å². The van der Waals surface area contributed by atoms with Crippen LogP contribution in [0.5, 0.6) is 0 Å². The molecule has 32 heavy (non-hydrogen) atoms. The van der Waals surface area contributed by atoms with Gasteiger partial charge in [0.2, 0.25) is 0 Å². The summed E-state index contributed by atoms with van der Waals surface area (Å²) in [4.78, 5) is 16.7. The van der Waals surface area contributed by atoms with Gasteiger partial charge in [0.15, 0.2) is 23.2 Å². The smallest absolute Gasteiger partial charge is 0.177 e. The molecule has 0 aliphatic carbocycles. The Labute approximate surface area is 181 Å². The van der Waals surface area contributed by atoms with Crippen molar-refractivity contribution in [3.8, 4) is 5.69 Å². The lowest BCUT2D eigenvalue weighted by molar-refractivity contribution is -0.0511. The van der Waals surface area contributed by atoms with Gasteiger partial charge in [-0.25, -0.2) is 19.9 Å². The highest BCUT2D eigenvalue weighted by atomic mass is 16.6. The highest BCUT2D eigenvalue weighted by Gasteiger charge is 2.44. The molecule has 0 saturated carbocycles. The Morgan fingerprint density at radius 1 is 1.09 bits per heavy atom. The Morgan fingerprint density at radius 2 is 1.94 bits per heavy atom. The molecule has 1 aliphatic rings. The van der Waals surface area contributed by atoms with Crippen molar-refractivity contribution in [1.82, 2.24) is 29.1 Å². The van der Waals surface area contributed by atoms with Gasteiger partial charge in [-0.15, -0.1) is 0 Å². The van der Waals surface area contributed by atoms with Gasteiger partial charge in [-0.1, -0.05) is 12.1 Å². The van der Waals surface area contributed by atoms with E-state index < -0.39 is 31.1 Å². The van der Waals surface area contributed by atoms with Gasteiger partial charge in [-0.3, -0.25) is 9.99 Å². The van der Waals surface area contributed by atoms with Crippen molar-refractivity contribution in [3.63, 3.8) is 0 Å². The quantitative estimate of drug-likeness (QED) is 0.243. The zero-order chi connectivity index (χ0) is 22.1. The monoisotopic (exact) mass is 436 g/mol. The van der Waals surface area contributed by atoms with Crippen LogP contribution >= 0.6 is 0 Å². The molecule has 12 nitrogen and oxygen atoms in total. The van der Waals surface area contributed by atoms with E-state index in [9.17, 15) is 15.3 Å². The largest absolute Gasteiger partial charge is 0.394 e. The van der Waals surface area contributed by atoms with Gasteiger partial charge in [0, 0.05) is 18.1 Å². The van der Waals surface area contributed by atoms with E-state index in [-0.39, 0.29) is 0 Å². The average molecular weight is 436 g/mol. The summed E-state index contributed by atoms with van der Waals surface area (Å²) in [7, 11) is 0. The van der Waals surface area contributed by atoms with Gasteiger partial charge in [0.1, 0.15) is 24.6 Å². The third-order valence-corrected chi connectivity index (χ3v) is 5.23. The fourth-order valence-corrected chi connectivity index (χ4v) is 3.54. The number of fused-ring (bicyclic) bond motifs is 1. The second-order valence-corrected chi connectivity index (χ2v) is 7.21. The average Bonchev–Trinajstić information content (AvgIpc) is 3.55. The van der Waals surface area contributed by atoms with Crippen LogP contribution in [0, 0.1) is 0 Å². The lowest BCUT2D eigenvalue weighted by atomic mass is 10.1.